The molecular weight excluding hydrogens is 410 g/mol. The van der Waals surface area contributed by atoms with Crippen molar-refractivity contribution < 1.29 is 4.79 Å². The second kappa shape index (κ2) is 7.88. The number of hydrogen-bond acceptors (Lipinski definition) is 2. The number of carbonyl (C=O) groups excluding carboxylic acids is 1. The third kappa shape index (κ3) is 4.92. The van der Waals surface area contributed by atoms with Crippen LogP contribution in [-0.2, 0) is 4.79 Å². The van der Waals surface area contributed by atoms with Crippen molar-refractivity contribution in [3.8, 4) is 0 Å². The van der Waals surface area contributed by atoms with Gasteiger partial charge in [-0.2, -0.15) is 0 Å². The van der Waals surface area contributed by atoms with Crippen LogP contribution < -0.4 is 10.9 Å². The average molecular weight is 421 g/mol. The smallest absolute Gasteiger partial charge is 0.262 e. The maximum absolute atomic E-state index is 11.8. The van der Waals surface area contributed by atoms with E-state index in [0.29, 0.717) is 20.8 Å². The van der Waals surface area contributed by atoms with Gasteiger partial charge in [-0.1, -0.05) is 62.9 Å². The minimum atomic E-state index is -0.345. The zero-order chi connectivity index (χ0) is 16.1. The molecule has 0 aliphatic carbocycles. The second-order valence-electron chi connectivity index (χ2n) is 4.25. The van der Waals surface area contributed by atoms with Crippen molar-refractivity contribution in [2.75, 3.05) is 5.43 Å². The summed E-state index contributed by atoms with van der Waals surface area (Å²) in [5, 5.41) is 1.05. The normalized spacial score (nSPS) is 10.7. The van der Waals surface area contributed by atoms with Gasteiger partial charge in [-0.3, -0.25) is 15.6 Å². The molecule has 2 N–H and O–H groups in total. The first kappa shape index (κ1) is 17.2. The lowest BCUT2D eigenvalue weighted by molar-refractivity contribution is -0.115. The minimum Gasteiger partial charge on any atom is -0.295 e. The van der Waals surface area contributed by atoms with Crippen LogP contribution >= 0.6 is 50.7 Å². The molecule has 0 aliphatic rings. The molecular formula is C15H10BrCl3N2O. The van der Waals surface area contributed by atoms with Crippen LogP contribution in [0.2, 0.25) is 15.1 Å². The number of nitrogens with one attached hydrogen (secondary N) is 2. The van der Waals surface area contributed by atoms with Crippen LogP contribution in [0.15, 0.2) is 46.9 Å². The molecule has 0 spiro atoms. The molecule has 2 rings (SSSR count). The van der Waals surface area contributed by atoms with E-state index in [-0.39, 0.29) is 5.91 Å². The maximum atomic E-state index is 11.8. The summed E-state index contributed by atoms with van der Waals surface area (Å²) in [5.41, 5.74) is 6.44. The highest BCUT2D eigenvalue weighted by Gasteiger charge is 2.08. The van der Waals surface area contributed by atoms with Crippen LogP contribution in [0.25, 0.3) is 6.08 Å². The lowest BCUT2D eigenvalue weighted by atomic mass is 10.2. The summed E-state index contributed by atoms with van der Waals surface area (Å²) in [6.07, 6.45) is 3.08. The summed E-state index contributed by atoms with van der Waals surface area (Å²) >= 11 is 21.2. The van der Waals surface area contributed by atoms with Crippen LogP contribution in [0.4, 0.5) is 5.69 Å². The average Bonchev–Trinajstić information content (AvgIpc) is 2.44. The van der Waals surface area contributed by atoms with E-state index in [1.54, 1.807) is 6.08 Å². The third-order valence-corrected chi connectivity index (χ3v) is 3.90. The molecule has 2 aromatic rings. The van der Waals surface area contributed by atoms with Gasteiger partial charge in [0, 0.05) is 15.6 Å². The van der Waals surface area contributed by atoms with E-state index in [0.717, 1.165) is 10.0 Å². The van der Waals surface area contributed by atoms with Crippen LogP contribution in [0.1, 0.15) is 5.56 Å². The van der Waals surface area contributed by atoms with E-state index < -0.39 is 0 Å². The van der Waals surface area contributed by atoms with Crippen molar-refractivity contribution in [1.29, 1.82) is 0 Å². The summed E-state index contributed by atoms with van der Waals surface area (Å²) in [6.45, 7) is 0. The molecule has 2 aromatic carbocycles. The number of hydrazine groups is 1. The molecule has 0 radical (unpaired) electrons. The predicted molar refractivity (Wildman–Crippen MR) is 96.4 cm³/mol. The Balaban J connectivity index is 1.99. The van der Waals surface area contributed by atoms with Crippen LogP contribution in [0.5, 0.6) is 0 Å². The van der Waals surface area contributed by atoms with Gasteiger partial charge in [0.2, 0.25) is 0 Å². The highest BCUT2D eigenvalue weighted by atomic mass is 79.9. The summed E-state index contributed by atoms with van der Waals surface area (Å²) in [4.78, 5) is 11.8. The molecule has 0 saturated carbocycles. The highest BCUT2D eigenvalue weighted by Crippen LogP contribution is 2.33. The van der Waals surface area contributed by atoms with Crippen molar-refractivity contribution in [1.82, 2.24) is 5.43 Å². The van der Waals surface area contributed by atoms with Crippen molar-refractivity contribution in [3.63, 3.8) is 0 Å². The molecule has 0 aliphatic heterocycles. The summed E-state index contributed by atoms with van der Waals surface area (Å²) in [7, 11) is 0. The van der Waals surface area contributed by atoms with Gasteiger partial charge in [0.05, 0.1) is 15.7 Å². The molecule has 0 atom stereocenters. The molecule has 7 heteroatoms. The molecule has 22 heavy (non-hydrogen) atoms. The predicted octanol–water partition coefficient (Wildman–Crippen LogP) is 5.57. The number of hydrogen-bond donors (Lipinski definition) is 2. The van der Waals surface area contributed by atoms with E-state index in [9.17, 15) is 4.79 Å². The summed E-state index contributed by atoms with van der Waals surface area (Å²) in [6, 6.07) is 10.6. The van der Waals surface area contributed by atoms with E-state index in [4.69, 9.17) is 34.8 Å². The van der Waals surface area contributed by atoms with Gasteiger partial charge < -0.3 is 0 Å². The van der Waals surface area contributed by atoms with E-state index in [2.05, 4.69) is 26.8 Å². The fraction of sp³-hybridized carbons (Fsp3) is 0. The second-order valence-corrected chi connectivity index (χ2v) is 6.41. The SMILES string of the molecule is O=C(C=Cc1cccc(Br)c1)NNc1c(Cl)cc(Cl)cc1Cl. The number of anilines is 1. The first-order chi connectivity index (χ1) is 10.5. The van der Waals surface area contributed by atoms with Gasteiger partial charge >= 0.3 is 0 Å². The molecule has 3 nitrogen and oxygen atoms in total. The Morgan fingerprint density at radius 3 is 2.41 bits per heavy atom. The molecule has 1 amide bonds. The van der Waals surface area contributed by atoms with Crippen molar-refractivity contribution >= 4 is 68.4 Å². The quantitative estimate of drug-likeness (QED) is 0.502. The Morgan fingerprint density at radius 2 is 1.77 bits per heavy atom. The van der Waals surface area contributed by atoms with Crippen LogP contribution in [-0.4, -0.2) is 5.91 Å². The van der Waals surface area contributed by atoms with Crippen molar-refractivity contribution in [2.24, 2.45) is 0 Å². The van der Waals surface area contributed by atoms with Gasteiger partial charge in [0.15, 0.2) is 0 Å². The first-order valence-corrected chi connectivity index (χ1v) is 8.02. The van der Waals surface area contributed by atoms with Crippen LogP contribution in [0.3, 0.4) is 0 Å². The van der Waals surface area contributed by atoms with Crippen molar-refractivity contribution in [3.05, 3.63) is 67.6 Å². The molecule has 0 unspecified atom stereocenters. The topological polar surface area (TPSA) is 41.1 Å². The number of amides is 1. The largest absolute Gasteiger partial charge is 0.295 e. The Labute approximate surface area is 151 Å². The monoisotopic (exact) mass is 418 g/mol. The molecule has 0 saturated heterocycles. The van der Waals surface area contributed by atoms with Gasteiger partial charge in [-0.15, -0.1) is 0 Å². The third-order valence-electron chi connectivity index (χ3n) is 2.59. The van der Waals surface area contributed by atoms with E-state index in [1.807, 2.05) is 24.3 Å². The highest BCUT2D eigenvalue weighted by molar-refractivity contribution is 9.10. The molecule has 0 heterocycles. The number of carbonyl (C=O) groups is 1. The number of rotatable bonds is 4. The first-order valence-electron chi connectivity index (χ1n) is 6.10. The fourth-order valence-corrected chi connectivity index (χ4v) is 2.94. The molecule has 0 fully saturated rings. The van der Waals surface area contributed by atoms with Gasteiger partial charge in [0.25, 0.3) is 5.91 Å². The number of halogens is 4. The zero-order valence-corrected chi connectivity index (χ0v) is 14.9. The molecule has 0 aromatic heterocycles. The Morgan fingerprint density at radius 1 is 1.09 bits per heavy atom. The lowest BCUT2D eigenvalue weighted by Gasteiger charge is -2.10. The van der Waals surface area contributed by atoms with Crippen molar-refractivity contribution in [2.45, 2.75) is 0 Å². The zero-order valence-electron chi connectivity index (χ0n) is 11.0. The summed E-state index contributed by atoms with van der Waals surface area (Å²) < 4.78 is 0.938. The Hall–Kier alpha value is -1.20. The Kier molecular flexibility index (Phi) is 6.15. The Bertz CT molecular complexity index is 711. The van der Waals surface area contributed by atoms with E-state index >= 15 is 0 Å². The van der Waals surface area contributed by atoms with E-state index in [1.165, 1.54) is 18.2 Å². The maximum Gasteiger partial charge on any atom is 0.262 e. The number of benzene rings is 2. The van der Waals surface area contributed by atoms with Crippen LogP contribution in [0, 0.1) is 0 Å². The molecule has 0 bridgehead atoms. The summed E-state index contributed by atoms with van der Waals surface area (Å²) in [5.74, 6) is -0.345. The van der Waals surface area contributed by atoms with Gasteiger partial charge in [-0.05, 0) is 35.9 Å². The lowest BCUT2D eigenvalue weighted by Crippen LogP contribution is -2.27. The van der Waals surface area contributed by atoms with Gasteiger partial charge in [0.1, 0.15) is 0 Å². The van der Waals surface area contributed by atoms with Gasteiger partial charge in [-0.25, -0.2) is 0 Å². The minimum absolute atomic E-state index is 0.314. The standard InChI is InChI=1S/C15H10BrCl3N2O/c16-10-3-1-2-9(6-10)4-5-14(22)20-21-15-12(18)7-11(17)8-13(15)19/h1-8,21H,(H,20,22). The molecule has 114 valence electrons. The fourth-order valence-electron chi connectivity index (χ4n) is 1.61.